The predicted molar refractivity (Wildman–Crippen MR) is 103 cm³/mol. The summed E-state index contributed by atoms with van der Waals surface area (Å²) in [5, 5.41) is 16.2. The van der Waals surface area contributed by atoms with Gasteiger partial charge in [0.2, 0.25) is 17.7 Å². The van der Waals surface area contributed by atoms with Gasteiger partial charge in [0.1, 0.15) is 0 Å². The zero-order chi connectivity index (χ0) is 20.3. The number of carbonyl (C=O) groups excluding carboxylic acids is 3. The van der Waals surface area contributed by atoms with Gasteiger partial charge in [-0.05, 0) is 25.1 Å². The number of carbonyl (C=O) groups is 3. The molecule has 1 saturated heterocycles. The highest BCUT2D eigenvalue weighted by atomic mass is 35.5. The van der Waals surface area contributed by atoms with Gasteiger partial charge in [0, 0.05) is 18.2 Å². The average molecular weight is 444 g/mol. The Balaban J connectivity index is 1.51. The molecule has 0 saturated carbocycles. The molecule has 1 aromatic heterocycles. The number of nitrogens with zero attached hydrogens (tertiary/aromatic N) is 2. The first-order valence-corrected chi connectivity index (χ1v) is 9.87. The van der Waals surface area contributed by atoms with Gasteiger partial charge in [-0.15, -0.1) is 10.2 Å². The minimum Gasteiger partial charge on any atom is -0.416 e. The van der Waals surface area contributed by atoms with Crippen LogP contribution in [-0.2, 0) is 16.0 Å². The van der Waals surface area contributed by atoms with Gasteiger partial charge in [-0.3, -0.25) is 14.9 Å². The van der Waals surface area contributed by atoms with Crippen molar-refractivity contribution < 1.29 is 18.8 Å². The Hall–Kier alpha value is -2.30. The third-order valence-corrected chi connectivity index (χ3v) is 5.47. The van der Waals surface area contributed by atoms with E-state index in [-0.39, 0.29) is 35.2 Å². The molecule has 4 amide bonds. The number of nitrogens with one attached hydrogen (secondary N) is 3. The van der Waals surface area contributed by atoms with Crippen molar-refractivity contribution in [2.24, 2.45) is 5.92 Å². The Morgan fingerprint density at radius 3 is 2.79 bits per heavy atom. The lowest BCUT2D eigenvalue weighted by Crippen LogP contribution is -2.57. The summed E-state index contributed by atoms with van der Waals surface area (Å²) < 4.78 is 5.47. The molecule has 28 heavy (non-hydrogen) atoms. The molecular formula is C16H15Cl2N5O4S. The van der Waals surface area contributed by atoms with Crippen LogP contribution in [0.5, 0.6) is 0 Å². The molecule has 0 spiro atoms. The highest BCUT2D eigenvalue weighted by Crippen LogP contribution is 2.25. The Bertz CT molecular complexity index is 922. The van der Waals surface area contributed by atoms with Crippen LogP contribution < -0.4 is 16.0 Å². The fourth-order valence-corrected chi connectivity index (χ4v) is 3.39. The molecule has 1 aromatic carbocycles. The molecule has 148 valence electrons. The van der Waals surface area contributed by atoms with E-state index in [2.05, 4.69) is 26.1 Å². The molecule has 12 heteroatoms. The second kappa shape index (κ2) is 8.80. The molecule has 0 aliphatic carbocycles. The molecule has 2 aromatic rings. The van der Waals surface area contributed by atoms with E-state index in [1.54, 1.807) is 25.1 Å². The molecule has 3 rings (SSSR count). The third-order valence-electron chi connectivity index (χ3n) is 3.91. The fourth-order valence-electron chi connectivity index (χ4n) is 2.51. The van der Waals surface area contributed by atoms with Crippen LogP contribution in [0.1, 0.15) is 12.8 Å². The standard InChI is InChI=1S/C16H15Cl2N5O4S/c1-7-9(14(25)21-15(26)19-7)5-13-22-23-16(27-13)28-6-12(24)20-8-2-3-10(17)11(18)4-8/h2-4,7,9H,5-6H2,1H3,(H,20,24)(H2,19,21,25,26). The summed E-state index contributed by atoms with van der Waals surface area (Å²) in [7, 11) is 0. The molecule has 2 heterocycles. The van der Waals surface area contributed by atoms with Crippen molar-refractivity contribution in [1.82, 2.24) is 20.8 Å². The van der Waals surface area contributed by atoms with Gasteiger partial charge in [0.05, 0.1) is 21.7 Å². The number of thioether (sulfide) groups is 1. The van der Waals surface area contributed by atoms with Crippen molar-refractivity contribution in [2.45, 2.75) is 24.6 Å². The summed E-state index contributed by atoms with van der Waals surface area (Å²) in [6.07, 6.45) is 0.177. The Morgan fingerprint density at radius 2 is 2.07 bits per heavy atom. The second-order valence-electron chi connectivity index (χ2n) is 5.99. The summed E-state index contributed by atoms with van der Waals surface area (Å²) in [5.41, 5.74) is 0.519. The lowest BCUT2D eigenvalue weighted by molar-refractivity contribution is -0.125. The topological polar surface area (TPSA) is 126 Å². The highest BCUT2D eigenvalue weighted by molar-refractivity contribution is 7.99. The molecule has 0 bridgehead atoms. The van der Waals surface area contributed by atoms with Gasteiger partial charge in [-0.25, -0.2) is 4.79 Å². The molecule has 2 unspecified atom stereocenters. The normalized spacial score (nSPS) is 19.1. The van der Waals surface area contributed by atoms with Crippen LogP contribution in [0.3, 0.4) is 0 Å². The van der Waals surface area contributed by atoms with Crippen molar-refractivity contribution in [3.63, 3.8) is 0 Å². The number of hydrogen-bond acceptors (Lipinski definition) is 7. The van der Waals surface area contributed by atoms with Crippen molar-refractivity contribution >= 4 is 58.5 Å². The van der Waals surface area contributed by atoms with Gasteiger partial charge < -0.3 is 15.1 Å². The Morgan fingerprint density at radius 1 is 1.29 bits per heavy atom. The van der Waals surface area contributed by atoms with Gasteiger partial charge in [0.25, 0.3) is 5.22 Å². The van der Waals surface area contributed by atoms with Crippen LogP contribution >= 0.6 is 35.0 Å². The maximum Gasteiger partial charge on any atom is 0.321 e. The maximum atomic E-state index is 12.0. The van der Waals surface area contributed by atoms with Crippen molar-refractivity contribution in [3.8, 4) is 0 Å². The minimum absolute atomic E-state index is 0.0399. The molecule has 3 N–H and O–H groups in total. The summed E-state index contributed by atoms with van der Waals surface area (Å²) in [6, 6.07) is 3.88. The molecule has 9 nitrogen and oxygen atoms in total. The van der Waals surface area contributed by atoms with Gasteiger partial charge in [-0.1, -0.05) is 35.0 Å². The van der Waals surface area contributed by atoms with Crippen LogP contribution in [0.15, 0.2) is 27.8 Å². The maximum absolute atomic E-state index is 12.0. The number of aromatic nitrogens is 2. The van der Waals surface area contributed by atoms with E-state index < -0.39 is 17.9 Å². The number of halogens is 2. The third kappa shape index (κ3) is 5.15. The number of imide groups is 1. The average Bonchev–Trinajstić information content (AvgIpc) is 3.07. The first kappa shape index (κ1) is 20.4. The molecule has 1 aliphatic rings. The summed E-state index contributed by atoms with van der Waals surface area (Å²) >= 11 is 12.8. The first-order chi connectivity index (χ1) is 13.3. The molecule has 0 radical (unpaired) electrons. The predicted octanol–water partition coefficient (Wildman–Crippen LogP) is 2.49. The van der Waals surface area contributed by atoms with Crippen molar-refractivity contribution in [2.75, 3.05) is 11.1 Å². The second-order valence-corrected chi connectivity index (χ2v) is 7.73. The first-order valence-electron chi connectivity index (χ1n) is 8.13. The van der Waals surface area contributed by atoms with Crippen LogP contribution in [-0.4, -0.2) is 39.8 Å². The van der Waals surface area contributed by atoms with E-state index >= 15 is 0 Å². The SMILES string of the molecule is CC1NC(=O)NC(=O)C1Cc1nnc(SCC(=O)Nc2ccc(Cl)c(Cl)c2)o1. The van der Waals surface area contributed by atoms with Crippen LogP contribution in [0.25, 0.3) is 0 Å². The molecular weight excluding hydrogens is 429 g/mol. The Kier molecular flexibility index (Phi) is 6.42. The minimum atomic E-state index is -0.525. The number of urea groups is 1. The van der Waals surface area contributed by atoms with E-state index in [4.69, 9.17) is 27.6 Å². The molecule has 2 atom stereocenters. The van der Waals surface area contributed by atoms with E-state index in [1.807, 2.05) is 0 Å². The van der Waals surface area contributed by atoms with Gasteiger partial charge in [0.15, 0.2) is 0 Å². The summed E-state index contributed by atoms with van der Waals surface area (Å²) in [4.78, 5) is 35.2. The lowest BCUT2D eigenvalue weighted by atomic mass is 9.95. The summed E-state index contributed by atoms with van der Waals surface area (Å²) in [5.74, 6) is -0.918. The number of rotatable bonds is 6. The van der Waals surface area contributed by atoms with E-state index in [0.29, 0.717) is 15.7 Å². The van der Waals surface area contributed by atoms with Gasteiger partial charge in [-0.2, -0.15) is 0 Å². The van der Waals surface area contributed by atoms with Crippen molar-refractivity contribution in [1.29, 1.82) is 0 Å². The van der Waals surface area contributed by atoms with Crippen LogP contribution in [0.4, 0.5) is 10.5 Å². The number of anilines is 1. The van der Waals surface area contributed by atoms with E-state index in [1.165, 1.54) is 0 Å². The Labute approximate surface area is 173 Å². The largest absolute Gasteiger partial charge is 0.416 e. The zero-order valence-corrected chi connectivity index (χ0v) is 16.8. The number of benzene rings is 1. The highest BCUT2D eigenvalue weighted by Gasteiger charge is 2.34. The number of amides is 4. The van der Waals surface area contributed by atoms with E-state index in [9.17, 15) is 14.4 Å². The zero-order valence-electron chi connectivity index (χ0n) is 14.5. The summed E-state index contributed by atoms with van der Waals surface area (Å²) in [6.45, 7) is 1.72. The van der Waals surface area contributed by atoms with E-state index in [0.717, 1.165) is 11.8 Å². The van der Waals surface area contributed by atoms with Crippen LogP contribution in [0, 0.1) is 5.92 Å². The quantitative estimate of drug-likeness (QED) is 0.585. The lowest BCUT2D eigenvalue weighted by Gasteiger charge is -2.27. The number of hydrogen-bond donors (Lipinski definition) is 3. The molecule has 1 aliphatic heterocycles. The van der Waals surface area contributed by atoms with Crippen LogP contribution in [0.2, 0.25) is 10.0 Å². The smallest absolute Gasteiger partial charge is 0.321 e. The monoisotopic (exact) mass is 443 g/mol. The molecule has 1 fully saturated rings. The van der Waals surface area contributed by atoms with Crippen molar-refractivity contribution in [3.05, 3.63) is 34.1 Å². The fraction of sp³-hybridized carbons (Fsp3) is 0.312. The van der Waals surface area contributed by atoms with Gasteiger partial charge >= 0.3 is 6.03 Å².